The Morgan fingerprint density at radius 2 is 1.93 bits per heavy atom. The molecule has 0 aliphatic carbocycles. The van der Waals surface area contributed by atoms with Gasteiger partial charge in [0.25, 0.3) is 11.5 Å². The Morgan fingerprint density at radius 1 is 1.17 bits per heavy atom. The highest BCUT2D eigenvalue weighted by Gasteiger charge is 2.16. The Morgan fingerprint density at radius 3 is 2.72 bits per heavy atom. The maximum Gasteiger partial charge on any atom is 0.332 e. The molecule has 0 bridgehead atoms. The molecule has 3 heterocycles. The van der Waals surface area contributed by atoms with Crippen LogP contribution in [0.25, 0.3) is 21.9 Å². The first-order chi connectivity index (χ1) is 13.9. The fourth-order valence-electron chi connectivity index (χ4n) is 3.24. The van der Waals surface area contributed by atoms with Crippen molar-refractivity contribution in [1.82, 2.24) is 24.5 Å². The minimum Gasteiger partial charge on any atom is -0.361 e. The van der Waals surface area contributed by atoms with Crippen molar-refractivity contribution in [3.05, 3.63) is 74.2 Å². The normalized spacial score (nSPS) is 11.6. The van der Waals surface area contributed by atoms with Crippen LogP contribution in [0.2, 0.25) is 0 Å². The number of benzene rings is 1. The van der Waals surface area contributed by atoms with Crippen molar-refractivity contribution < 1.29 is 4.79 Å². The Hall–Kier alpha value is -4.01. The van der Waals surface area contributed by atoms with Gasteiger partial charge in [-0.1, -0.05) is 18.2 Å². The summed E-state index contributed by atoms with van der Waals surface area (Å²) in [4.78, 5) is 44.5. The average Bonchev–Trinajstić information content (AvgIpc) is 3.13. The number of aromatic nitrogens is 4. The van der Waals surface area contributed by atoms with Crippen molar-refractivity contribution in [3.63, 3.8) is 0 Å². The van der Waals surface area contributed by atoms with Crippen LogP contribution >= 0.6 is 0 Å². The highest BCUT2D eigenvalue weighted by molar-refractivity contribution is 6.01. The maximum atomic E-state index is 12.6. The lowest BCUT2D eigenvalue weighted by atomic mass is 10.1. The van der Waals surface area contributed by atoms with Gasteiger partial charge in [-0.15, -0.1) is 0 Å². The summed E-state index contributed by atoms with van der Waals surface area (Å²) in [6.45, 7) is 1.64. The van der Waals surface area contributed by atoms with E-state index >= 15 is 0 Å². The van der Waals surface area contributed by atoms with Crippen LogP contribution in [0.3, 0.4) is 0 Å². The number of para-hydroxylation sites is 1. The van der Waals surface area contributed by atoms with Crippen LogP contribution < -0.4 is 16.7 Å². The zero-order valence-corrected chi connectivity index (χ0v) is 16.1. The fraction of sp³-hybridized carbons (Fsp3) is 0.150. The second kappa shape index (κ2) is 6.86. The molecule has 0 spiro atoms. The van der Waals surface area contributed by atoms with Gasteiger partial charge in [-0.3, -0.25) is 18.7 Å². The number of carbonyl (C=O) groups is 1. The number of hydrazone groups is 1. The van der Waals surface area contributed by atoms with Crippen LogP contribution in [0.5, 0.6) is 0 Å². The molecule has 0 unspecified atom stereocenters. The molecule has 0 saturated heterocycles. The molecule has 0 aliphatic heterocycles. The van der Waals surface area contributed by atoms with Gasteiger partial charge in [0.1, 0.15) is 5.65 Å². The Kier molecular flexibility index (Phi) is 4.34. The van der Waals surface area contributed by atoms with Crippen LogP contribution in [0.4, 0.5) is 0 Å². The zero-order valence-electron chi connectivity index (χ0n) is 16.1. The summed E-state index contributed by atoms with van der Waals surface area (Å²) < 4.78 is 2.26. The van der Waals surface area contributed by atoms with Crippen molar-refractivity contribution in [2.75, 3.05) is 0 Å². The Bertz CT molecular complexity index is 1420. The number of hydrogen-bond acceptors (Lipinski definition) is 5. The molecule has 0 aliphatic rings. The minimum absolute atomic E-state index is 0.186. The molecule has 4 aromatic rings. The number of rotatable bonds is 3. The lowest BCUT2D eigenvalue weighted by Gasteiger charge is -2.10. The number of carbonyl (C=O) groups excluding carboxylic acids is 1. The molecule has 3 aromatic heterocycles. The van der Waals surface area contributed by atoms with Crippen molar-refractivity contribution in [2.24, 2.45) is 19.2 Å². The molecule has 1 amide bonds. The van der Waals surface area contributed by atoms with Gasteiger partial charge in [0.05, 0.1) is 22.9 Å². The van der Waals surface area contributed by atoms with Gasteiger partial charge in [-0.05, 0) is 19.1 Å². The standard InChI is InChI=1S/C20H18N6O3/c1-11-14(8-15-17(23-11)25(2)20(29)26(3)19(15)28)18(27)24-22-10-12-9-21-16-7-5-4-6-13(12)16/h4-10,21H,1-3H3,(H,24,27)/b22-10+. The third-order valence-electron chi connectivity index (χ3n) is 4.86. The first-order valence-corrected chi connectivity index (χ1v) is 8.85. The minimum atomic E-state index is -0.507. The average molecular weight is 390 g/mol. The number of pyridine rings is 1. The second-order valence-corrected chi connectivity index (χ2v) is 6.69. The lowest BCUT2D eigenvalue weighted by Crippen LogP contribution is -2.37. The summed E-state index contributed by atoms with van der Waals surface area (Å²) in [5.74, 6) is -0.496. The first-order valence-electron chi connectivity index (χ1n) is 8.85. The van der Waals surface area contributed by atoms with E-state index in [-0.39, 0.29) is 16.6 Å². The van der Waals surface area contributed by atoms with Crippen LogP contribution in [0, 0.1) is 6.92 Å². The van der Waals surface area contributed by atoms with E-state index < -0.39 is 17.2 Å². The monoisotopic (exact) mass is 390 g/mol. The van der Waals surface area contributed by atoms with E-state index in [0.29, 0.717) is 5.69 Å². The largest absolute Gasteiger partial charge is 0.361 e. The molecule has 146 valence electrons. The predicted octanol–water partition coefficient (Wildman–Crippen LogP) is 1.19. The van der Waals surface area contributed by atoms with E-state index in [1.807, 2.05) is 24.3 Å². The number of nitrogens with one attached hydrogen (secondary N) is 2. The topological polar surface area (TPSA) is 114 Å². The number of aromatic amines is 1. The van der Waals surface area contributed by atoms with E-state index in [4.69, 9.17) is 0 Å². The molecule has 9 nitrogen and oxygen atoms in total. The van der Waals surface area contributed by atoms with E-state index in [1.54, 1.807) is 19.3 Å². The molecule has 0 saturated carbocycles. The van der Waals surface area contributed by atoms with Crippen LogP contribution in [0.15, 0.2) is 51.2 Å². The highest BCUT2D eigenvalue weighted by Crippen LogP contribution is 2.16. The van der Waals surface area contributed by atoms with Crippen molar-refractivity contribution in [2.45, 2.75) is 6.92 Å². The molecule has 4 rings (SSSR count). The maximum absolute atomic E-state index is 12.6. The fourth-order valence-corrected chi connectivity index (χ4v) is 3.24. The molecular weight excluding hydrogens is 372 g/mol. The second-order valence-electron chi connectivity index (χ2n) is 6.69. The van der Waals surface area contributed by atoms with Gasteiger partial charge in [0, 0.05) is 36.8 Å². The van der Waals surface area contributed by atoms with Gasteiger partial charge in [-0.25, -0.2) is 15.2 Å². The Balaban J connectivity index is 1.67. The SMILES string of the molecule is Cc1nc2c(cc1C(=O)N/N=C/c1c[nH]c3ccccc13)c(=O)n(C)c(=O)n2C. The summed E-state index contributed by atoms with van der Waals surface area (Å²) in [6, 6.07) is 9.19. The number of hydrogen-bond donors (Lipinski definition) is 2. The zero-order chi connectivity index (χ0) is 20.7. The number of H-pyrrole nitrogens is 1. The molecule has 0 atom stereocenters. The number of fused-ring (bicyclic) bond motifs is 2. The van der Waals surface area contributed by atoms with E-state index in [1.165, 1.54) is 24.7 Å². The molecule has 0 radical (unpaired) electrons. The van der Waals surface area contributed by atoms with Crippen LogP contribution in [0.1, 0.15) is 21.6 Å². The van der Waals surface area contributed by atoms with E-state index in [9.17, 15) is 14.4 Å². The third-order valence-corrected chi connectivity index (χ3v) is 4.86. The lowest BCUT2D eigenvalue weighted by molar-refractivity contribution is 0.0954. The third kappa shape index (κ3) is 3.02. The van der Waals surface area contributed by atoms with Crippen molar-refractivity contribution in [3.8, 4) is 0 Å². The molecule has 2 N–H and O–H groups in total. The van der Waals surface area contributed by atoms with Gasteiger partial charge in [-0.2, -0.15) is 5.10 Å². The quantitative estimate of drug-likeness (QED) is 0.404. The molecule has 0 fully saturated rings. The van der Waals surface area contributed by atoms with Crippen LogP contribution in [-0.4, -0.2) is 31.2 Å². The van der Waals surface area contributed by atoms with Gasteiger partial charge in [0.15, 0.2) is 0 Å². The van der Waals surface area contributed by atoms with E-state index in [0.717, 1.165) is 21.0 Å². The summed E-state index contributed by atoms with van der Waals surface area (Å²) in [6.07, 6.45) is 3.34. The summed E-state index contributed by atoms with van der Waals surface area (Å²) >= 11 is 0. The summed E-state index contributed by atoms with van der Waals surface area (Å²) in [5.41, 5.74) is 4.12. The summed E-state index contributed by atoms with van der Waals surface area (Å²) in [5, 5.41) is 5.19. The molecule has 1 aromatic carbocycles. The molecule has 9 heteroatoms. The molecule has 29 heavy (non-hydrogen) atoms. The Labute approximate surface area is 164 Å². The van der Waals surface area contributed by atoms with Gasteiger partial charge < -0.3 is 4.98 Å². The van der Waals surface area contributed by atoms with E-state index in [2.05, 4.69) is 20.5 Å². The van der Waals surface area contributed by atoms with Crippen molar-refractivity contribution in [1.29, 1.82) is 0 Å². The summed E-state index contributed by atoms with van der Waals surface area (Å²) in [7, 11) is 2.91. The van der Waals surface area contributed by atoms with Gasteiger partial charge in [0.2, 0.25) is 0 Å². The number of amides is 1. The van der Waals surface area contributed by atoms with Gasteiger partial charge >= 0.3 is 5.69 Å². The van der Waals surface area contributed by atoms with Crippen LogP contribution in [-0.2, 0) is 14.1 Å². The van der Waals surface area contributed by atoms with Crippen molar-refractivity contribution >= 4 is 34.1 Å². The first kappa shape index (κ1) is 18.4. The predicted molar refractivity (Wildman–Crippen MR) is 110 cm³/mol. The smallest absolute Gasteiger partial charge is 0.332 e. The number of aryl methyl sites for hydroxylation is 2. The number of nitrogens with zero attached hydrogens (tertiary/aromatic N) is 4. The molecular formula is C20H18N6O3. The highest BCUT2D eigenvalue weighted by atomic mass is 16.2.